The summed E-state index contributed by atoms with van der Waals surface area (Å²) in [5, 5.41) is 28.3. The first-order chi connectivity index (χ1) is 17.9. The zero-order valence-electron chi connectivity index (χ0n) is 21.6. The van der Waals surface area contributed by atoms with Gasteiger partial charge >= 0.3 is 11.4 Å². The summed E-state index contributed by atoms with van der Waals surface area (Å²) in [5.74, 6) is -0.644. The number of nitrogens with zero attached hydrogens (tertiary/aromatic N) is 2. The van der Waals surface area contributed by atoms with Crippen LogP contribution in [0.5, 0.6) is 0 Å². The smallest absolute Gasteiger partial charge is 0.330 e. The normalized spacial score (nSPS) is 32.0. The first-order valence-electron chi connectivity index (χ1n) is 12.2. The minimum absolute atomic E-state index is 0.0945. The highest BCUT2D eigenvalue weighted by Crippen LogP contribution is 2.45. The molecule has 2 aliphatic heterocycles. The van der Waals surface area contributed by atoms with Crippen LogP contribution in [0.25, 0.3) is 0 Å². The van der Waals surface area contributed by atoms with Gasteiger partial charge in [0.2, 0.25) is 0 Å². The number of rotatable bonds is 6. The molecule has 2 fully saturated rings. The lowest BCUT2D eigenvalue weighted by molar-refractivity contribution is -0.145. The Morgan fingerprint density at radius 2 is 1.24 bits per heavy atom. The molecule has 7 unspecified atom stereocenters. The molecular weight excluding hydrogens is 504 g/mol. The molecule has 4 heterocycles. The number of nitrogens with one attached hydrogen (secondary N) is 2. The molecule has 0 aromatic carbocycles. The van der Waals surface area contributed by atoms with Crippen LogP contribution in [-0.2, 0) is 14.3 Å². The van der Waals surface area contributed by atoms with Crippen molar-refractivity contribution >= 4 is 6.29 Å². The van der Waals surface area contributed by atoms with Crippen LogP contribution in [0.2, 0.25) is 0 Å². The Bertz CT molecular complexity index is 1360. The second kappa shape index (κ2) is 11.3. The van der Waals surface area contributed by atoms with E-state index >= 15 is 0 Å². The highest BCUT2D eigenvalue weighted by Gasteiger charge is 2.52. The second-order valence-corrected chi connectivity index (χ2v) is 9.96. The first-order valence-corrected chi connectivity index (χ1v) is 12.2. The summed E-state index contributed by atoms with van der Waals surface area (Å²) >= 11 is 0. The quantitative estimate of drug-likeness (QED) is 0.264. The molecule has 14 heteroatoms. The molecule has 2 aromatic heterocycles. The minimum atomic E-state index is -1.31. The van der Waals surface area contributed by atoms with E-state index < -0.39 is 52.8 Å². The van der Waals surface area contributed by atoms with Gasteiger partial charge in [-0.3, -0.25) is 28.7 Å². The van der Waals surface area contributed by atoms with Crippen LogP contribution in [0.15, 0.2) is 43.7 Å². The maximum Gasteiger partial charge on any atom is 0.330 e. The SMILES string of the molecule is CC1C(n2ccc(=O)[nH]c2=O)OC(C=O)(CO)C1C.CC1C(n2ccc(=O)[nH]c2=O)OC(CO)(CO)C1C. The van der Waals surface area contributed by atoms with Crippen molar-refractivity contribution < 1.29 is 29.6 Å². The number of hydrogen-bond acceptors (Lipinski definition) is 10. The van der Waals surface area contributed by atoms with E-state index in [9.17, 15) is 39.3 Å². The van der Waals surface area contributed by atoms with Gasteiger partial charge in [0.15, 0.2) is 11.9 Å². The van der Waals surface area contributed by atoms with Gasteiger partial charge in [0.05, 0.1) is 19.8 Å². The molecule has 0 amide bonds. The molecule has 0 saturated carbocycles. The summed E-state index contributed by atoms with van der Waals surface area (Å²) in [4.78, 5) is 61.1. The van der Waals surface area contributed by atoms with Gasteiger partial charge in [-0.05, 0) is 5.92 Å². The van der Waals surface area contributed by atoms with E-state index in [1.54, 1.807) is 6.92 Å². The van der Waals surface area contributed by atoms with Crippen molar-refractivity contribution in [3.8, 4) is 0 Å². The van der Waals surface area contributed by atoms with Crippen molar-refractivity contribution in [1.82, 2.24) is 19.1 Å². The topological polar surface area (TPSA) is 206 Å². The van der Waals surface area contributed by atoms with Gasteiger partial charge < -0.3 is 29.6 Å². The Balaban J connectivity index is 0.000000211. The van der Waals surface area contributed by atoms with Gasteiger partial charge in [-0.2, -0.15) is 0 Å². The molecule has 2 saturated heterocycles. The zero-order chi connectivity index (χ0) is 28.4. The summed E-state index contributed by atoms with van der Waals surface area (Å²) in [6.07, 6.45) is 1.94. The summed E-state index contributed by atoms with van der Waals surface area (Å²) in [5.41, 5.74) is -4.52. The van der Waals surface area contributed by atoms with Crippen molar-refractivity contribution in [2.45, 2.75) is 51.4 Å². The molecule has 4 rings (SSSR count). The number of aldehydes is 1. The summed E-state index contributed by atoms with van der Waals surface area (Å²) in [7, 11) is 0. The van der Waals surface area contributed by atoms with Crippen molar-refractivity contribution in [3.63, 3.8) is 0 Å². The highest BCUT2D eigenvalue weighted by atomic mass is 16.6. The average molecular weight is 539 g/mol. The largest absolute Gasteiger partial charge is 0.393 e. The molecule has 0 bridgehead atoms. The van der Waals surface area contributed by atoms with Gasteiger partial charge in [0.1, 0.15) is 18.1 Å². The van der Waals surface area contributed by atoms with Gasteiger partial charge in [0.25, 0.3) is 11.1 Å². The van der Waals surface area contributed by atoms with E-state index in [0.29, 0.717) is 6.29 Å². The third-order valence-electron chi connectivity index (χ3n) is 8.01. The predicted molar refractivity (Wildman–Crippen MR) is 132 cm³/mol. The van der Waals surface area contributed by atoms with Crippen LogP contribution in [0, 0.1) is 23.7 Å². The number of aliphatic hydroxyl groups excluding tert-OH is 3. The lowest BCUT2D eigenvalue weighted by atomic mass is 9.83. The Labute approximate surface area is 216 Å². The van der Waals surface area contributed by atoms with Gasteiger partial charge in [-0.15, -0.1) is 0 Å². The number of carbonyl (C=O) groups is 1. The fraction of sp³-hybridized carbons (Fsp3) is 0.625. The van der Waals surface area contributed by atoms with Crippen molar-refractivity contribution in [3.05, 3.63) is 66.2 Å². The summed E-state index contributed by atoms with van der Waals surface area (Å²) in [6.45, 7) is 6.23. The average Bonchev–Trinajstić information content (AvgIpc) is 3.30. The number of aromatic nitrogens is 4. The van der Waals surface area contributed by atoms with Crippen molar-refractivity contribution in [2.24, 2.45) is 23.7 Å². The van der Waals surface area contributed by atoms with Crippen LogP contribution in [-0.4, -0.2) is 71.7 Å². The molecule has 38 heavy (non-hydrogen) atoms. The van der Waals surface area contributed by atoms with Crippen LogP contribution in [0.3, 0.4) is 0 Å². The summed E-state index contributed by atoms with van der Waals surface area (Å²) in [6, 6.07) is 2.45. The predicted octanol–water partition coefficient (Wildman–Crippen LogP) is -1.67. The molecule has 5 N–H and O–H groups in total. The van der Waals surface area contributed by atoms with Gasteiger partial charge in [0, 0.05) is 42.3 Å². The van der Waals surface area contributed by atoms with E-state index in [4.69, 9.17) is 9.47 Å². The maximum atomic E-state index is 11.8. The molecule has 0 aliphatic carbocycles. The molecule has 14 nitrogen and oxygen atoms in total. The summed E-state index contributed by atoms with van der Waals surface area (Å²) < 4.78 is 13.8. The number of ether oxygens (including phenoxy) is 2. The molecule has 2 aliphatic rings. The standard InChI is InChI=1S/C12H18N2O5.C12H16N2O5/c2*1-7-8(2)12(5-15,6-16)19-10(7)14-4-3-9(17)13-11(14)18/h3-4,7-8,10,15-16H,5-6H2,1-2H3,(H,13,17,18);3-5,7-8,10,16H,6H2,1-2H3,(H,13,17,18). The number of aliphatic hydroxyl groups is 3. The van der Waals surface area contributed by atoms with E-state index in [0.717, 1.165) is 0 Å². The third-order valence-corrected chi connectivity index (χ3v) is 8.01. The number of hydrogen-bond donors (Lipinski definition) is 5. The lowest BCUT2D eigenvalue weighted by Crippen LogP contribution is -2.43. The molecule has 0 radical (unpaired) electrons. The van der Waals surface area contributed by atoms with Gasteiger partial charge in [-0.25, -0.2) is 9.59 Å². The lowest BCUT2D eigenvalue weighted by Gasteiger charge is -2.28. The molecule has 7 atom stereocenters. The first kappa shape index (κ1) is 29.4. The number of aromatic amines is 2. The zero-order valence-corrected chi connectivity index (χ0v) is 21.6. The van der Waals surface area contributed by atoms with E-state index in [2.05, 4.69) is 9.97 Å². The second-order valence-electron chi connectivity index (χ2n) is 9.96. The van der Waals surface area contributed by atoms with Crippen LogP contribution in [0.4, 0.5) is 0 Å². The van der Waals surface area contributed by atoms with E-state index in [1.807, 2.05) is 20.8 Å². The molecular formula is C24H34N4O10. The number of carbonyl (C=O) groups excluding carboxylic acids is 1. The fourth-order valence-corrected chi connectivity index (χ4v) is 4.95. The van der Waals surface area contributed by atoms with Crippen LogP contribution in [0.1, 0.15) is 40.2 Å². The highest BCUT2D eigenvalue weighted by molar-refractivity contribution is 5.64. The Morgan fingerprint density at radius 1 is 0.789 bits per heavy atom. The molecule has 2 aromatic rings. The maximum absolute atomic E-state index is 11.8. The van der Waals surface area contributed by atoms with Gasteiger partial charge in [-0.1, -0.05) is 27.7 Å². The van der Waals surface area contributed by atoms with Crippen LogP contribution < -0.4 is 22.5 Å². The Hall–Kier alpha value is -3.17. The van der Waals surface area contributed by atoms with Crippen molar-refractivity contribution in [1.29, 1.82) is 0 Å². The third kappa shape index (κ3) is 5.09. The number of H-pyrrole nitrogens is 2. The fourth-order valence-electron chi connectivity index (χ4n) is 4.95. The van der Waals surface area contributed by atoms with E-state index in [1.165, 1.54) is 33.7 Å². The minimum Gasteiger partial charge on any atom is -0.393 e. The molecule has 0 spiro atoms. The van der Waals surface area contributed by atoms with Crippen molar-refractivity contribution in [2.75, 3.05) is 19.8 Å². The molecule has 210 valence electrons. The van der Waals surface area contributed by atoms with Crippen LogP contribution >= 0.6 is 0 Å². The monoisotopic (exact) mass is 538 g/mol. The Kier molecular flexibility index (Phi) is 8.73. The Morgan fingerprint density at radius 3 is 1.58 bits per heavy atom. The van der Waals surface area contributed by atoms with E-state index in [-0.39, 0.29) is 36.9 Å².